The molecule has 0 bridgehead atoms. The van der Waals surface area contributed by atoms with Crippen molar-refractivity contribution in [2.75, 3.05) is 34.0 Å². The first-order valence-electron chi connectivity index (χ1n) is 10.5. The molecule has 0 N–H and O–H groups in total. The molecule has 0 aromatic heterocycles. The molecular weight excluding hydrogens is 400 g/mol. The van der Waals surface area contributed by atoms with Crippen molar-refractivity contribution in [2.45, 2.75) is 71.1 Å². The Labute approximate surface area is 183 Å². The lowest BCUT2D eigenvalue weighted by Crippen LogP contribution is -2.73. The standard InChI is InChI=1S/C23H40O6Si/c1-20(2,3)22(17-26-15-14-24-7)23(25-8,29-28-22)18-12-11-13-19(16-18)27-30(9,10)21(4,5)6/h11-13,16H,14-15,17H2,1-10H3. The zero-order chi connectivity index (χ0) is 22.8. The Morgan fingerprint density at radius 1 is 0.967 bits per heavy atom. The molecule has 0 aliphatic carbocycles. The van der Waals surface area contributed by atoms with E-state index >= 15 is 0 Å². The Balaban J connectivity index is 2.41. The van der Waals surface area contributed by atoms with Crippen LogP contribution in [0.2, 0.25) is 18.1 Å². The number of hydrogen-bond acceptors (Lipinski definition) is 6. The average molecular weight is 441 g/mol. The molecule has 2 atom stereocenters. The van der Waals surface area contributed by atoms with E-state index in [2.05, 4.69) is 54.6 Å². The lowest BCUT2D eigenvalue weighted by atomic mass is 9.68. The topological polar surface area (TPSA) is 55.4 Å². The largest absolute Gasteiger partial charge is 0.543 e. The predicted molar refractivity (Wildman–Crippen MR) is 120 cm³/mol. The van der Waals surface area contributed by atoms with E-state index in [-0.39, 0.29) is 10.5 Å². The first kappa shape index (κ1) is 25.3. The van der Waals surface area contributed by atoms with Crippen molar-refractivity contribution in [1.82, 2.24) is 0 Å². The summed E-state index contributed by atoms with van der Waals surface area (Å²) in [6.45, 7) is 18.7. The third kappa shape index (κ3) is 4.47. The van der Waals surface area contributed by atoms with Gasteiger partial charge in [-0.2, -0.15) is 4.89 Å². The van der Waals surface area contributed by atoms with Gasteiger partial charge in [0.2, 0.25) is 8.32 Å². The van der Waals surface area contributed by atoms with Gasteiger partial charge in [0.15, 0.2) is 5.60 Å². The number of rotatable bonds is 9. The summed E-state index contributed by atoms with van der Waals surface area (Å²) >= 11 is 0. The first-order valence-corrected chi connectivity index (χ1v) is 13.5. The Bertz CT molecular complexity index is 704. The fraction of sp³-hybridized carbons (Fsp3) is 0.739. The van der Waals surface area contributed by atoms with E-state index in [4.69, 9.17) is 28.4 Å². The van der Waals surface area contributed by atoms with Crippen molar-refractivity contribution >= 4 is 8.32 Å². The van der Waals surface area contributed by atoms with Crippen LogP contribution in [-0.2, 0) is 29.8 Å². The molecule has 1 aromatic carbocycles. The molecule has 0 amide bonds. The SMILES string of the molecule is COCCOCC1(C(C)(C)C)OOC1(OC)c1cccc(O[Si](C)(C)C(C)(C)C)c1. The average Bonchev–Trinajstić information content (AvgIpc) is 2.59. The van der Waals surface area contributed by atoms with Crippen LogP contribution in [0.15, 0.2) is 24.3 Å². The number of ether oxygens (including phenoxy) is 3. The van der Waals surface area contributed by atoms with E-state index in [9.17, 15) is 0 Å². The van der Waals surface area contributed by atoms with Gasteiger partial charge in [0.05, 0.1) is 19.8 Å². The van der Waals surface area contributed by atoms with Crippen LogP contribution in [0.25, 0.3) is 0 Å². The summed E-state index contributed by atoms with van der Waals surface area (Å²) in [6, 6.07) is 7.95. The highest BCUT2D eigenvalue weighted by Gasteiger charge is 2.72. The molecule has 2 rings (SSSR count). The highest BCUT2D eigenvalue weighted by atomic mass is 28.4. The van der Waals surface area contributed by atoms with E-state index in [1.54, 1.807) is 14.2 Å². The maximum atomic E-state index is 6.52. The maximum absolute atomic E-state index is 6.52. The Morgan fingerprint density at radius 3 is 2.10 bits per heavy atom. The van der Waals surface area contributed by atoms with Gasteiger partial charge in [0.1, 0.15) is 5.75 Å². The minimum absolute atomic E-state index is 0.0996. The second kappa shape index (κ2) is 8.88. The molecule has 1 heterocycles. The number of benzene rings is 1. The number of hydrogen-bond donors (Lipinski definition) is 0. The van der Waals surface area contributed by atoms with E-state index in [1.807, 2.05) is 24.3 Å². The third-order valence-corrected chi connectivity index (χ3v) is 10.8. The van der Waals surface area contributed by atoms with Crippen LogP contribution in [-0.4, -0.2) is 48.0 Å². The van der Waals surface area contributed by atoms with Crippen molar-refractivity contribution in [1.29, 1.82) is 0 Å². The molecule has 0 radical (unpaired) electrons. The molecule has 30 heavy (non-hydrogen) atoms. The summed E-state index contributed by atoms with van der Waals surface area (Å²) in [7, 11) is 1.31. The van der Waals surface area contributed by atoms with Crippen LogP contribution in [0.1, 0.15) is 47.1 Å². The van der Waals surface area contributed by atoms with E-state index < -0.39 is 19.7 Å². The lowest BCUT2D eigenvalue weighted by molar-refractivity contribution is -0.638. The van der Waals surface area contributed by atoms with Crippen LogP contribution >= 0.6 is 0 Å². The Kier molecular flexibility index (Phi) is 7.49. The maximum Gasteiger partial charge on any atom is 0.263 e. The van der Waals surface area contributed by atoms with E-state index in [0.29, 0.717) is 19.8 Å². The summed E-state index contributed by atoms with van der Waals surface area (Å²) in [5.41, 5.74) is -0.319. The fourth-order valence-corrected chi connectivity index (χ4v) is 4.36. The molecule has 1 fully saturated rings. The van der Waals surface area contributed by atoms with Crippen molar-refractivity contribution in [3.63, 3.8) is 0 Å². The second-order valence-corrected chi connectivity index (χ2v) is 15.2. The summed E-state index contributed by atoms with van der Waals surface area (Å²) in [5, 5.41) is 0.0996. The van der Waals surface area contributed by atoms with Crippen molar-refractivity contribution in [2.24, 2.45) is 5.41 Å². The second-order valence-electron chi connectivity index (χ2n) is 10.5. The molecule has 1 aliphatic rings. The highest BCUT2D eigenvalue weighted by Crippen LogP contribution is 2.58. The van der Waals surface area contributed by atoms with Gasteiger partial charge in [-0.15, -0.1) is 0 Å². The van der Waals surface area contributed by atoms with Gasteiger partial charge in [-0.3, -0.25) is 0 Å². The zero-order valence-corrected chi connectivity index (χ0v) is 21.4. The lowest BCUT2D eigenvalue weighted by Gasteiger charge is -2.60. The third-order valence-electron chi connectivity index (χ3n) is 6.46. The molecule has 0 saturated carbocycles. The van der Waals surface area contributed by atoms with Crippen LogP contribution < -0.4 is 4.43 Å². The molecule has 2 unspecified atom stereocenters. The molecular formula is C23H40O6Si. The summed E-state index contributed by atoms with van der Waals surface area (Å²) in [6.07, 6.45) is 0. The minimum atomic E-state index is -1.98. The molecule has 7 heteroatoms. The van der Waals surface area contributed by atoms with Crippen LogP contribution in [0.3, 0.4) is 0 Å². The fourth-order valence-electron chi connectivity index (χ4n) is 3.34. The van der Waals surface area contributed by atoms with Crippen molar-refractivity contribution in [3.8, 4) is 5.75 Å². The smallest absolute Gasteiger partial charge is 0.263 e. The zero-order valence-electron chi connectivity index (χ0n) is 20.4. The van der Waals surface area contributed by atoms with Crippen LogP contribution in [0.4, 0.5) is 0 Å². The van der Waals surface area contributed by atoms with Gasteiger partial charge in [-0.25, -0.2) is 4.89 Å². The van der Waals surface area contributed by atoms with Gasteiger partial charge < -0.3 is 18.6 Å². The van der Waals surface area contributed by atoms with Gasteiger partial charge in [0.25, 0.3) is 5.79 Å². The first-order chi connectivity index (χ1) is 13.8. The minimum Gasteiger partial charge on any atom is -0.543 e. The summed E-state index contributed by atoms with van der Waals surface area (Å²) in [4.78, 5) is 11.5. The van der Waals surface area contributed by atoms with Gasteiger partial charge in [-0.05, 0) is 30.3 Å². The predicted octanol–water partition coefficient (Wildman–Crippen LogP) is 5.28. The molecule has 1 aromatic rings. The van der Waals surface area contributed by atoms with Gasteiger partial charge in [-0.1, -0.05) is 53.7 Å². The quantitative estimate of drug-likeness (QED) is 0.296. The van der Waals surface area contributed by atoms with Crippen molar-refractivity contribution < 1.29 is 28.4 Å². The van der Waals surface area contributed by atoms with E-state index in [1.165, 1.54) is 0 Å². The molecule has 6 nitrogen and oxygen atoms in total. The van der Waals surface area contributed by atoms with Gasteiger partial charge in [0, 0.05) is 25.2 Å². The molecule has 1 aliphatic heterocycles. The normalized spacial score (nSPS) is 25.1. The monoisotopic (exact) mass is 440 g/mol. The van der Waals surface area contributed by atoms with E-state index in [0.717, 1.165) is 11.3 Å². The van der Waals surface area contributed by atoms with Crippen molar-refractivity contribution in [3.05, 3.63) is 29.8 Å². The molecule has 172 valence electrons. The number of methoxy groups -OCH3 is 2. The Morgan fingerprint density at radius 2 is 1.63 bits per heavy atom. The summed E-state index contributed by atoms with van der Waals surface area (Å²) < 4.78 is 23.5. The van der Waals surface area contributed by atoms with Crippen LogP contribution in [0.5, 0.6) is 5.75 Å². The highest BCUT2D eigenvalue weighted by molar-refractivity contribution is 6.74. The van der Waals surface area contributed by atoms with Gasteiger partial charge >= 0.3 is 0 Å². The Hall–Kier alpha value is -0.963. The molecule has 1 saturated heterocycles. The summed E-state index contributed by atoms with van der Waals surface area (Å²) in [5.74, 6) is -0.292. The van der Waals surface area contributed by atoms with Crippen LogP contribution in [0, 0.1) is 5.41 Å². The molecule has 0 spiro atoms.